The number of ketones is 1. The van der Waals surface area contributed by atoms with Crippen LogP contribution in [-0.4, -0.2) is 122 Å². The second-order valence-corrected chi connectivity index (χ2v) is 17.0. The van der Waals surface area contributed by atoms with Crippen LogP contribution in [0.3, 0.4) is 0 Å². The zero-order chi connectivity index (χ0) is 45.9. The normalized spacial score (nSPS) is 18.3. The summed E-state index contributed by atoms with van der Waals surface area (Å²) < 4.78 is 22.7. The number of carbonyl (C=O) groups is 6. The molecule has 4 aliphatic rings. The van der Waals surface area contributed by atoms with Crippen molar-refractivity contribution in [3.05, 3.63) is 70.7 Å². The van der Waals surface area contributed by atoms with Crippen LogP contribution in [0.25, 0.3) is 0 Å². The van der Waals surface area contributed by atoms with E-state index in [4.69, 9.17) is 23.9 Å². The van der Waals surface area contributed by atoms with Crippen LogP contribution in [0, 0.1) is 0 Å². The number of imide groups is 1. The number of likely N-dealkylation sites (N-methyl/N-ethyl adjacent to an activating group) is 1. The van der Waals surface area contributed by atoms with E-state index in [0.717, 1.165) is 42.8 Å². The summed E-state index contributed by atoms with van der Waals surface area (Å²) in [5, 5.41) is 5.21. The van der Waals surface area contributed by atoms with Crippen LogP contribution in [0.4, 0.5) is 17.2 Å². The molecule has 3 aliphatic heterocycles. The summed E-state index contributed by atoms with van der Waals surface area (Å²) in [6.07, 6.45) is 10.2. The maximum Gasteiger partial charge on any atom is 0.255 e. The molecule has 1 saturated carbocycles. The minimum Gasteiger partial charge on any atom is -0.496 e. The standard InChI is InChI=1S/C48H61N7O10.ClH/c1-4-37-48(61)53(2)39-29-49-42(51-45(39)55(37)33-11-5-6-12-33)28-32-18-17-31(27-41(32)62-3)40(56)15-10-22-64-24-26-65-25-23-63-21-8-7-16-43(57)50-36-14-9-13-34-35(36)30-54(47(34)60)38-19-20-44(58)52-46(38)59;/h9,13-14,17-18,27,29,33,37-38H,4-8,10-12,15-16,19-26,28,30H2,1-3H3,(H,50,57)(H,52,58,59);1H/t37-,38?;/m1./s1. The molecule has 5 amide bonds. The lowest BCUT2D eigenvalue weighted by Gasteiger charge is -2.43. The Balaban J connectivity index is 0.00000720. The predicted molar refractivity (Wildman–Crippen MR) is 248 cm³/mol. The Morgan fingerprint density at radius 3 is 2.33 bits per heavy atom. The fourth-order valence-electron chi connectivity index (χ4n) is 9.16. The van der Waals surface area contributed by atoms with E-state index in [2.05, 4.69) is 27.4 Å². The molecule has 2 atom stereocenters. The van der Waals surface area contributed by atoms with Crippen molar-refractivity contribution in [3.63, 3.8) is 0 Å². The lowest BCUT2D eigenvalue weighted by Crippen LogP contribution is -2.55. The highest BCUT2D eigenvalue weighted by atomic mass is 35.5. The minimum absolute atomic E-state index is 0. The second kappa shape index (κ2) is 23.8. The summed E-state index contributed by atoms with van der Waals surface area (Å²) in [5.74, 6) is 0.840. The van der Waals surface area contributed by atoms with Crippen molar-refractivity contribution in [1.82, 2.24) is 20.2 Å². The first-order valence-corrected chi connectivity index (χ1v) is 23.0. The summed E-state index contributed by atoms with van der Waals surface area (Å²) in [5.41, 5.74) is 3.83. The number of Topliss-reactive ketones (excluding diaryl/α,β-unsaturated/α-hetero) is 1. The molecule has 2 aromatic carbocycles. The van der Waals surface area contributed by atoms with E-state index in [-0.39, 0.29) is 79.7 Å². The largest absolute Gasteiger partial charge is 0.496 e. The van der Waals surface area contributed by atoms with Gasteiger partial charge in [0.2, 0.25) is 23.6 Å². The van der Waals surface area contributed by atoms with Gasteiger partial charge in [0.25, 0.3) is 5.91 Å². The first-order valence-electron chi connectivity index (χ1n) is 23.0. The number of methoxy groups -OCH3 is 1. The molecule has 3 aromatic rings. The molecule has 0 spiro atoms. The number of piperidine rings is 1. The summed E-state index contributed by atoms with van der Waals surface area (Å²) in [6, 6.07) is 9.95. The number of hydrogen-bond acceptors (Lipinski definition) is 13. The number of ether oxygens (including phenoxy) is 4. The Bertz CT molecular complexity index is 2240. The Morgan fingerprint density at radius 2 is 1.62 bits per heavy atom. The Kier molecular flexibility index (Phi) is 18.0. The van der Waals surface area contributed by atoms with Gasteiger partial charge in [-0.05, 0) is 63.1 Å². The molecule has 1 aliphatic carbocycles. The number of anilines is 3. The van der Waals surface area contributed by atoms with Crippen molar-refractivity contribution in [2.75, 3.05) is 68.9 Å². The number of aromatic nitrogens is 2. The van der Waals surface area contributed by atoms with Gasteiger partial charge in [0.1, 0.15) is 29.3 Å². The number of hydrogen-bond donors (Lipinski definition) is 2. The van der Waals surface area contributed by atoms with Crippen LogP contribution in [0.1, 0.15) is 122 Å². The second-order valence-electron chi connectivity index (χ2n) is 17.0. The Morgan fingerprint density at radius 1 is 0.894 bits per heavy atom. The van der Waals surface area contributed by atoms with E-state index in [0.29, 0.717) is 112 Å². The number of nitrogens with zero attached hydrogens (tertiary/aromatic N) is 5. The fourth-order valence-corrected chi connectivity index (χ4v) is 9.16. The lowest BCUT2D eigenvalue weighted by molar-refractivity contribution is -0.137. The van der Waals surface area contributed by atoms with Gasteiger partial charge in [0.05, 0.1) is 39.7 Å². The zero-order valence-electron chi connectivity index (χ0n) is 38.1. The molecule has 1 unspecified atom stereocenters. The third-order valence-corrected chi connectivity index (χ3v) is 12.7. The SMILES string of the molecule is CC[C@@H]1C(=O)N(C)c2cnc(Cc3ccc(C(=O)CCCOCCOCCOCCCCC(=O)Nc4cccc5c4CN(C4CCC(=O)NC4=O)C5=O)cc3OC)nc2N1C1CCCC1.Cl. The van der Waals surface area contributed by atoms with Crippen molar-refractivity contribution >= 4 is 64.9 Å². The van der Waals surface area contributed by atoms with E-state index in [1.54, 1.807) is 49.5 Å². The molecule has 18 heteroatoms. The van der Waals surface area contributed by atoms with Crippen LogP contribution < -0.4 is 25.2 Å². The van der Waals surface area contributed by atoms with E-state index < -0.39 is 11.9 Å². The van der Waals surface area contributed by atoms with Gasteiger partial charge in [-0.15, -0.1) is 12.4 Å². The van der Waals surface area contributed by atoms with Crippen LogP contribution in [0.2, 0.25) is 0 Å². The van der Waals surface area contributed by atoms with Crippen molar-refractivity contribution in [2.45, 2.75) is 115 Å². The molecule has 1 saturated heterocycles. The average molecular weight is 933 g/mol. The Hall–Kier alpha value is -5.49. The number of amides is 5. The van der Waals surface area contributed by atoms with Gasteiger partial charge >= 0.3 is 0 Å². The third-order valence-electron chi connectivity index (χ3n) is 12.7. The number of nitrogens with one attached hydrogen (secondary N) is 2. The number of unbranched alkanes of at least 4 members (excludes halogenated alkanes) is 1. The van der Waals surface area contributed by atoms with Gasteiger partial charge in [0.15, 0.2) is 11.6 Å². The van der Waals surface area contributed by atoms with Gasteiger partial charge in [0, 0.05) is 86.5 Å². The first-order chi connectivity index (χ1) is 31.6. The summed E-state index contributed by atoms with van der Waals surface area (Å²) in [6.45, 7) is 4.76. The quantitative estimate of drug-likeness (QED) is 0.0679. The molecule has 1 aromatic heterocycles. The van der Waals surface area contributed by atoms with Crippen LogP contribution in [0.5, 0.6) is 5.75 Å². The highest BCUT2D eigenvalue weighted by molar-refractivity contribution is 6.07. The molecular formula is C48H62ClN7O10. The van der Waals surface area contributed by atoms with Crippen molar-refractivity contribution < 1.29 is 47.7 Å². The van der Waals surface area contributed by atoms with Crippen molar-refractivity contribution in [2.24, 2.45) is 0 Å². The monoisotopic (exact) mass is 931 g/mol. The van der Waals surface area contributed by atoms with Crippen LogP contribution >= 0.6 is 12.4 Å². The third kappa shape index (κ3) is 11.9. The molecule has 0 bridgehead atoms. The number of carbonyl (C=O) groups excluding carboxylic acids is 6. The molecule has 356 valence electrons. The highest BCUT2D eigenvalue weighted by Gasteiger charge is 2.42. The maximum atomic E-state index is 13.3. The molecule has 7 rings (SSSR count). The minimum atomic E-state index is -0.718. The molecule has 17 nitrogen and oxygen atoms in total. The van der Waals surface area contributed by atoms with E-state index in [1.807, 2.05) is 12.1 Å². The molecule has 2 N–H and O–H groups in total. The number of rotatable bonds is 23. The van der Waals surface area contributed by atoms with Crippen molar-refractivity contribution in [1.29, 1.82) is 0 Å². The summed E-state index contributed by atoms with van der Waals surface area (Å²) >= 11 is 0. The van der Waals surface area contributed by atoms with Crippen LogP contribution in [-0.2, 0) is 46.4 Å². The average Bonchev–Trinajstić information content (AvgIpc) is 3.96. The summed E-state index contributed by atoms with van der Waals surface area (Å²) in [4.78, 5) is 91.1. The van der Waals surface area contributed by atoms with Gasteiger partial charge < -0.3 is 39.0 Å². The Labute approximate surface area is 392 Å². The summed E-state index contributed by atoms with van der Waals surface area (Å²) in [7, 11) is 3.39. The molecule has 4 heterocycles. The lowest BCUT2D eigenvalue weighted by atomic mass is 10.0. The highest BCUT2D eigenvalue weighted by Crippen LogP contribution is 2.40. The first kappa shape index (κ1) is 49.9. The molecule has 66 heavy (non-hydrogen) atoms. The predicted octanol–water partition coefficient (Wildman–Crippen LogP) is 5.58. The van der Waals surface area contributed by atoms with E-state index in [1.165, 1.54) is 4.90 Å². The van der Waals surface area contributed by atoms with Gasteiger partial charge in [-0.25, -0.2) is 9.97 Å². The number of halogens is 1. The number of benzene rings is 2. The maximum absolute atomic E-state index is 13.3. The van der Waals surface area contributed by atoms with Gasteiger partial charge in [-0.1, -0.05) is 38.0 Å². The molecular weight excluding hydrogens is 870 g/mol. The van der Waals surface area contributed by atoms with Crippen LogP contribution in [0.15, 0.2) is 42.6 Å². The zero-order valence-corrected chi connectivity index (χ0v) is 39.0. The van der Waals surface area contributed by atoms with E-state index >= 15 is 0 Å². The molecule has 0 radical (unpaired) electrons. The van der Waals surface area contributed by atoms with Gasteiger partial charge in [-0.2, -0.15) is 0 Å². The van der Waals surface area contributed by atoms with E-state index in [9.17, 15) is 28.8 Å². The molecule has 2 fully saturated rings. The fraction of sp³-hybridized carbons (Fsp3) is 0.542. The number of fused-ring (bicyclic) bond motifs is 2. The smallest absolute Gasteiger partial charge is 0.255 e. The topological polar surface area (TPSA) is 199 Å². The van der Waals surface area contributed by atoms with Gasteiger partial charge in [-0.3, -0.25) is 34.1 Å². The van der Waals surface area contributed by atoms with Crippen molar-refractivity contribution in [3.8, 4) is 5.75 Å².